The van der Waals surface area contributed by atoms with Gasteiger partial charge in [-0.15, -0.1) is 0 Å². The van der Waals surface area contributed by atoms with E-state index in [0.29, 0.717) is 17.8 Å². The summed E-state index contributed by atoms with van der Waals surface area (Å²) in [4.78, 5) is 16.5. The summed E-state index contributed by atoms with van der Waals surface area (Å²) in [5.74, 6) is -1.00. The van der Waals surface area contributed by atoms with Crippen LogP contribution in [0.5, 0.6) is 0 Å². The Morgan fingerprint density at radius 3 is 2.72 bits per heavy atom. The van der Waals surface area contributed by atoms with E-state index >= 15 is 0 Å². The van der Waals surface area contributed by atoms with E-state index in [4.69, 9.17) is 16.9 Å². The van der Waals surface area contributed by atoms with E-state index in [-0.39, 0.29) is 28.2 Å². The van der Waals surface area contributed by atoms with Crippen molar-refractivity contribution in [2.45, 2.75) is 19.5 Å². The highest BCUT2D eigenvalue weighted by Gasteiger charge is 2.15. The van der Waals surface area contributed by atoms with Gasteiger partial charge in [-0.2, -0.15) is 15.5 Å². The summed E-state index contributed by atoms with van der Waals surface area (Å²) in [5.41, 5.74) is 1.86. The van der Waals surface area contributed by atoms with Crippen molar-refractivity contribution in [3.63, 3.8) is 0 Å². The monoisotopic (exact) mass is 449 g/mol. The number of nitrogens with zero attached hydrogens (tertiary/aromatic N) is 6. The van der Waals surface area contributed by atoms with Gasteiger partial charge in [0.05, 0.1) is 22.9 Å². The number of carbonyl (C=O) groups excluding carboxylic acids is 1. The maximum absolute atomic E-state index is 14.0. The van der Waals surface area contributed by atoms with Gasteiger partial charge in [0.25, 0.3) is 5.91 Å². The third-order valence-electron chi connectivity index (χ3n) is 4.68. The molecule has 0 aliphatic heterocycles. The first-order chi connectivity index (χ1) is 15.4. The van der Waals surface area contributed by atoms with E-state index in [0.717, 1.165) is 5.69 Å². The van der Waals surface area contributed by atoms with Crippen LogP contribution < -0.4 is 5.32 Å². The standard InChI is InChI=1S/C22H17ClFN7O/c1-14(27-22(32)21-5-9-31(29-21)16-2-6-26-7-3-16)13-30-8-4-20(28-30)15-10-18(23)17(12-25)19(24)11-15/h2-11,14H,13H2,1H3,(H,27,32)/t14-/m0/s1. The molecule has 4 rings (SSSR count). The van der Waals surface area contributed by atoms with Gasteiger partial charge in [-0.1, -0.05) is 11.6 Å². The second kappa shape index (κ2) is 8.99. The lowest BCUT2D eigenvalue weighted by atomic mass is 10.1. The van der Waals surface area contributed by atoms with Crippen molar-refractivity contribution < 1.29 is 9.18 Å². The second-order valence-electron chi connectivity index (χ2n) is 7.08. The molecule has 8 nitrogen and oxygen atoms in total. The second-order valence-corrected chi connectivity index (χ2v) is 7.48. The predicted molar refractivity (Wildman–Crippen MR) is 116 cm³/mol. The quantitative estimate of drug-likeness (QED) is 0.484. The molecule has 3 aromatic heterocycles. The highest BCUT2D eigenvalue weighted by Crippen LogP contribution is 2.26. The number of pyridine rings is 1. The smallest absolute Gasteiger partial charge is 0.272 e. The molecule has 0 fully saturated rings. The Kier molecular flexibility index (Phi) is 5.96. The van der Waals surface area contributed by atoms with Crippen LogP contribution in [0.25, 0.3) is 16.9 Å². The molecule has 1 N–H and O–H groups in total. The molecule has 0 saturated carbocycles. The van der Waals surface area contributed by atoms with Crippen molar-refractivity contribution in [1.82, 2.24) is 29.9 Å². The van der Waals surface area contributed by atoms with Gasteiger partial charge in [0.15, 0.2) is 5.69 Å². The van der Waals surface area contributed by atoms with Crippen molar-refractivity contribution >= 4 is 17.5 Å². The predicted octanol–water partition coefficient (Wildman–Crippen LogP) is 3.61. The fourth-order valence-corrected chi connectivity index (χ4v) is 3.40. The van der Waals surface area contributed by atoms with Crippen LogP contribution in [0.3, 0.4) is 0 Å². The summed E-state index contributed by atoms with van der Waals surface area (Å²) in [6.07, 6.45) is 6.73. The first kappa shape index (κ1) is 21.2. The molecule has 3 heterocycles. The highest BCUT2D eigenvalue weighted by molar-refractivity contribution is 6.32. The topological polar surface area (TPSA) is 101 Å². The molecule has 10 heteroatoms. The molecule has 160 valence electrons. The van der Waals surface area contributed by atoms with Gasteiger partial charge in [0.1, 0.15) is 17.4 Å². The van der Waals surface area contributed by atoms with Gasteiger partial charge in [-0.05, 0) is 43.3 Å². The summed E-state index contributed by atoms with van der Waals surface area (Å²) in [6.45, 7) is 2.24. The van der Waals surface area contributed by atoms with Crippen LogP contribution in [0.2, 0.25) is 5.02 Å². The molecular weight excluding hydrogens is 433 g/mol. The van der Waals surface area contributed by atoms with Gasteiger partial charge >= 0.3 is 0 Å². The molecule has 0 aliphatic rings. The third kappa shape index (κ3) is 4.50. The molecule has 0 unspecified atom stereocenters. The SMILES string of the molecule is C[C@@H](Cn1ccc(-c2cc(F)c(C#N)c(Cl)c2)n1)NC(=O)c1ccn(-c2ccncc2)n1. The number of hydrogen-bond donors (Lipinski definition) is 1. The van der Waals surface area contributed by atoms with Crippen LogP contribution in [-0.4, -0.2) is 36.5 Å². The summed E-state index contributed by atoms with van der Waals surface area (Å²) in [7, 11) is 0. The average Bonchev–Trinajstić information content (AvgIpc) is 3.44. The largest absolute Gasteiger partial charge is 0.346 e. The molecule has 0 bridgehead atoms. The van der Waals surface area contributed by atoms with Gasteiger partial charge in [-0.25, -0.2) is 9.07 Å². The number of benzene rings is 1. The van der Waals surface area contributed by atoms with Crippen LogP contribution >= 0.6 is 11.6 Å². The first-order valence-electron chi connectivity index (χ1n) is 9.64. The van der Waals surface area contributed by atoms with Crippen molar-refractivity contribution in [3.8, 4) is 23.0 Å². The van der Waals surface area contributed by atoms with Crippen LogP contribution in [0, 0.1) is 17.1 Å². The Morgan fingerprint density at radius 1 is 1.22 bits per heavy atom. The van der Waals surface area contributed by atoms with E-state index in [1.54, 1.807) is 64.5 Å². The number of rotatable bonds is 6. The minimum atomic E-state index is -0.698. The molecule has 4 aromatic rings. The molecular formula is C22H17ClFN7O. The highest BCUT2D eigenvalue weighted by atomic mass is 35.5. The molecule has 0 radical (unpaired) electrons. The average molecular weight is 450 g/mol. The lowest BCUT2D eigenvalue weighted by Crippen LogP contribution is -2.36. The Labute approximate surface area is 187 Å². The lowest BCUT2D eigenvalue weighted by Gasteiger charge is -2.13. The Hall–Kier alpha value is -4.03. The molecule has 0 spiro atoms. The number of carbonyl (C=O) groups is 1. The summed E-state index contributed by atoms with van der Waals surface area (Å²) < 4.78 is 17.3. The Balaban J connectivity index is 1.41. The molecule has 1 amide bonds. The number of nitriles is 1. The maximum atomic E-state index is 14.0. The Bertz CT molecular complexity index is 1290. The summed E-state index contributed by atoms with van der Waals surface area (Å²) in [6, 6.07) is 11.1. The molecule has 1 aromatic carbocycles. The van der Waals surface area contributed by atoms with Gasteiger partial charge in [0.2, 0.25) is 0 Å². The Morgan fingerprint density at radius 2 is 2.00 bits per heavy atom. The van der Waals surface area contributed by atoms with E-state index in [9.17, 15) is 9.18 Å². The lowest BCUT2D eigenvalue weighted by molar-refractivity contribution is 0.0930. The third-order valence-corrected chi connectivity index (χ3v) is 4.98. The number of halogens is 2. The van der Waals surface area contributed by atoms with Crippen molar-refractivity contribution in [2.24, 2.45) is 0 Å². The minimum absolute atomic E-state index is 0.0314. The molecule has 32 heavy (non-hydrogen) atoms. The van der Waals surface area contributed by atoms with Crippen LogP contribution in [-0.2, 0) is 6.54 Å². The zero-order chi connectivity index (χ0) is 22.7. The van der Waals surface area contributed by atoms with Gasteiger partial charge in [0, 0.05) is 36.4 Å². The maximum Gasteiger partial charge on any atom is 0.272 e. The van der Waals surface area contributed by atoms with Crippen molar-refractivity contribution in [2.75, 3.05) is 0 Å². The fraction of sp³-hybridized carbons (Fsp3) is 0.136. The van der Waals surface area contributed by atoms with Crippen LogP contribution in [0.15, 0.2) is 61.2 Å². The van der Waals surface area contributed by atoms with E-state index in [1.807, 2.05) is 6.92 Å². The molecule has 1 atom stereocenters. The molecule has 0 saturated heterocycles. The van der Waals surface area contributed by atoms with Gasteiger partial charge in [-0.3, -0.25) is 14.5 Å². The van der Waals surface area contributed by atoms with Crippen molar-refractivity contribution in [1.29, 1.82) is 5.26 Å². The minimum Gasteiger partial charge on any atom is -0.346 e. The number of amides is 1. The summed E-state index contributed by atoms with van der Waals surface area (Å²) >= 11 is 5.98. The zero-order valence-electron chi connectivity index (χ0n) is 16.9. The fourth-order valence-electron chi connectivity index (χ4n) is 3.15. The van der Waals surface area contributed by atoms with Crippen LogP contribution in [0.1, 0.15) is 23.0 Å². The number of hydrogen-bond acceptors (Lipinski definition) is 5. The zero-order valence-corrected chi connectivity index (χ0v) is 17.7. The van der Waals surface area contributed by atoms with E-state index in [2.05, 4.69) is 20.5 Å². The number of aromatic nitrogens is 5. The van der Waals surface area contributed by atoms with E-state index < -0.39 is 5.82 Å². The van der Waals surface area contributed by atoms with Gasteiger partial charge < -0.3 is 5.32 Å². The van der Waals surface area contributed by atoms with Crippen molar-refractivity contribution in [3.05, 3.63) is 83.3 Å². The molecule has 0 aliphatic carbocycles. The van der Waals surface area contributed by atoms with Crippen LogP contribution in [0.4, 0.5) is 4.39 Å². The number of nitrogens with one attached hydrogen (secondary N) is 1. The summed E-state index contributed by atoms with van der Waals surface area (Å²) in [5, 5.41) is 20.6. The van der Waals surface area contributed by atoms with E-state index in [1.165, 1.54) is 12.1 Å². The normalized spacial score (nSPS) is 11.7. The first-order valence-corrected chi connectivity index (χ1v) is 10.0.